The second-order valence-corrected chi connectivity index (χ2v) is 6.65. The van der Waals surface area contributed by atoms with Crippen molar-refractivity contribution in [2.24, 2.45) is 0 Å². The highest BCUT2D eigenvalue weighted by Crippen LogP contribution is 2.31. The number of aryl methyl sites for hydroxylation is 1. The summed E-state index contributed by atoms with van der Waals surface area (Å²) in [5.74, 6) is 0.990. The average Bonchev–Trinajstić information content (AvgIpc) is 2.48. The highest BCUT2D eigenvalue weighted by Gasteiger charge is 2.19. The predicted molar refractivity (Wildman–Crippen MR) is 86.5 cm³/mol. The molecule has 0 saturated carbocycles. The van der Waals surface area contributed by atoms with Crippen molar-refractivity contribution in [3.05, 3.63) is 47.0 Å². The van der Waals surface area contributed by atoms with Gasteiger partial charge in [0.2, 0.25) is 0 Å². The molecule has 0 aliphatic heterocycles. The fourth-order valence-electron chi connectivity index (χ4n) is 1.98. The van der Waals surface area contributed by atoms with Gasteiger partial charge in [-0.25, -0.2) is 8.42 Å². The highest BCUT2D eigenvalue weighted by molar-refractivity contribution is 7.92. The van der Waals surface area contributed by atoms with E-state index >= 15 is 0 Å². The van der Waals surface area contributed by atoms with Crippen molar-refractivity contribution < 1.29 is 17.9 Å². The number of benzene rings is 2. The Morgan fingerprint density at radius 3 is 2.45 bits per heavy atom. The number of hydrogen-bond donors (Lipinski definition) is 1. The minimum absolute atomic E-state index is 0.0983. The number of rotatable bonds is 5. The van der Waals surface area contributed by atoms with Crippen molar-refractivity contribution >= 4 is 27.3 Å². The van der Waals surface area contributed by atoms with E-state index in [0.717, 1.165) is 0 Å². The van der Waals surface area contributed by atoms with Gasteiger partial charge in [-0.05, 0) is 36.8 Å². The van der Waals surface area contributed by atoms with E-state index in [1.165, 1.54) is 20.3 Å². The summed E-state index contributed by atoms with van der Waals surface area (Å²) >= 11 is 6.02. The smallest absolute Gasteiger partial charge is 0.262 e. The molecule has 0 fully saturated rings. The molecule has 0 spiro atoms. The lowest BCUT2D eigenvalue weighted by Crippen LogP contribution is -2.14. The van der Waals surface area contributed by atoms with Crippen LogP contribution in [-0.4, -0.2) is 22.6 Å². The molecule has 0 aromatic heterocycles. The molecule has 0 aliphatic rings. The van der Waals surface area contributed by atoms with Crippen LogP contribution in [0.2, 0.25) is 5.02 Å². The third-order valence-electron chi connectivity index (χ3n) is 3.06. The maximum Gasteiger partial charge on any atom is 0.262 e. The van der Waals surface area contributed by atoms with Gasteiger partial charge in [-0.3, -0.25) is 4.72 Å². The first-order valence-electron chi connectivity index (χ1n) is 6.38. The molecular formula is C15H16ClNO4S. The summed E-state index contributed by atoms with van der Waals surface area (Å²) < 4.78 is 37.7. The Bertz CT molecular complexity index is 790. The van der Waals surface area contributed by atoms with Gasteiger partial charge in [0, 0.05) is 6.07 Å². The zero-order valence-corrected chi connectivity index (χ0v) is 14.0. The maximum absolute atomic E-state index is 12.5. The van der Waals surface area contributed by atoms with Gasteiger partial charge in [0.1, 0.15) is 11.5 Å². The number of sulfonamides is 1. The van der Waals surface area contributed by atoms with E-state index < -0.39 is 10.0 Å². The zero-order chi connectivity index (χ0) is 16.3. The third-order valence-corrected chi connectivity index (χ3v) is 4.88. The Hall–Kier alpha value is -1.92. The summed E-state index contributed by atoms with van der Waals surface area (Å²) in [6.45, 7) is 1.68. The summed E-state index contributed by atoms with van der Waals surface area (Å²) in [5.41, 5.74) is 0.947. The molecular weight excluding hydrogens is 326 g/mol. The zero-order valence-electron chi connectivity index (χ0n) is 12.4. The summed E-state index contributed by atoms with van der Waals surface area (Å²) in [5, 5.41) is 0.235. The van der Waals surface area contributed by atoms with E-state index in [1.54, 1.807) is 37.3 Å². The lowest BCUT2D eigenvalue weighted by molar-refractivity contribution is 0.414. The van der Waals surface area contributed by atoms with Gasteiger partial charge in [-0.1, -0.05) is 17.7 Å². The van der Waals surface area contributed by atoms with Crippen LogP contribution in [0.5, 0.6) is 11.5 Å². The summed E-state index contributed by atoms with van der Waals surface area (Å²) in [7, 11) is -0.772. The molecule has 2 aromatic carbocycles. The molecule has 0 amide bonds. The molecule has 0 saturated heterocycles. The Kier molecular flexibility index (Phi) is 4.83. The van der Waals surface area contributed by atoms with Crippen LogP contribution < -0.4 is 14.2 Å². The molecule has 2 rings (SSSR count). The molecule has 0 bridgehead atoms. The van der Waals surface area contributed by atoms with E-state index in [1.807, 2.05) is 0 Å². The van der Waals surface area contributed by atoms with E-state index in [0.29, 0.717) is 22.7 Å². The molecule has 0 heterocycles. The summed E-state index contributed by atoms with van der Waals surface area (Å²) in [4.78, 5) is 0.0983. The van der Waals surface area contributed by atoms with Crippen LogP contribution >= 0.6 is 11.6 Å². The normalized spacial score (nSPS) is 11.1. The largest absolute Gasteiger partial charge is 0.497 e. The molecule has 5 nitrogen and oxygen atoms in total. The van der Waals surface area contributed by atoms with E-state index in [9.17, 15) is 8.42 Å². The number of hydrogen-bond acceptors (Lipinski definition) is 4. The standard InChI is InChI=1S/C15H16ClNO4S/c1-10-7-14(21-3)13(16)9-15(10)22(18,19)17-11-5-4-6-12(8-11)20-2/h4-9,17H,1-3H3. The van der Waals surface area contributed by atoms with Gasteiger partial charge in [-0.15, -0.1) is 0 Å². The number of halogens is 1. The van der Waals surface area contributed by atoms with Crippen molar-refractivity contribution in [2.45, 2.75) is 11.8 Å². The highest BCUT2D eigenvalue weighted by atomic mass is 35.5. The van der Waals surface area contributed by atoms with Gasteiger partial charge in [0.25, 0.3) is 10.0 Å². The second-order valence-electron chi connectivity index (χ2n) is 4.59. The van der Waals surface area contributed by atoms with Gasteiger partial charge < -0.3 is 9.47 Å². The van der Waals surface area contributed by atoms with Crippen molar-refractivity contribution in [1.29, 1.82) is 0 Å². The summed E-state index contributed by atoms with van der Waals surface area (Å²) in [6, 6.07) is 9.62. The van der Waals surface area contributed by atoms with Crippen molar-refractivity contribution in [3.8, 4) is 11.5 Å². The van der Waals surface area contributed by atoms with Crippen LogP contribution in [0.3, 0.4) is 0 Å². The van der Waals surface area contributed by atoms with Gasteiger partial charge in [0.15, 0.2) is 0 Å². The van der Waals surface area contributed by atoms with Gasteiger partial charge >= 0.3 is 0 Å². The number of nitrogens with one attached hydrogen (secondary N) is 1. The minimum Gasteiger partial charge on any atom is -0.497 e. The Balaban J connectivity index is 2.40. The lowest BCUT2D eigenvalue weighted by Gasteiger charge is -2.13. The minimum atomic E-state index is -3.76. The molecule has 22 heavy (non-hydrogen) atoms. The Labute approximate surface area is 134 Å². The number of ether oxygens (including phenoxy) is 2. The molecule has 0 radical (unpaired) electrons. The SMILES string of the molecule is COc1cccc(NS(=O)(=O)c2cc(Cl)c(OC)cc2C)c1. The van der Waals surface area contributed by atoms with Crippen molar-refractivity contribution in [1.82, 2.24) is 0 Å². The molecule has 0 atom stereocenters. The monoisotopic (exact) mass is 341 g/mol. The van der Waals surface area contributed by atoms with Crippen LogP contribution in [0.15, 0.2) is 41.3 Å². The van der Waals surface area contributed by atoms with Crippen LogP contribution in [0.4, 0.5) is 5.69 Å². The van der Waals surface area contributed by atoms with Crippen molar-refractivity contribution in [2.75, 3.05) is 18.9 Å². The predicted octanol–water partition coefficient (Wildman–Crippen LogP) is 3.47. The molecule has 0 unspecified atom stereocenters. The molecule has 0 aliphatic carbocycles. The molecule has 2 aromatic rings. The number of methoxy groups -OCH3 is 2. The maximum atomic E-state index is 12.5. The van der Waals surface area contributed by atoms with Crippen LogP contribution in [0, 0.1) is 6.92 Å². The Morgan fingerprint density at radius 1 is 1.09 bits per heavy atom. The first kappa shape index (κ1) is 16.5. The molecule has 118 valence electrons. The number of anilines is 1. The second kappa shape index (κ2) is 6.46. The van der Waals surface area contributed by atoms with Gasteiger partial charge in [-0.2, -0.15) is 0 Å². The fraction of sp³-hybridized carbons (Fsp3) is 0.200. The van der Waals surface area contributed by atoms with Crippen molar-refractivity contribution in [3.63, 3.8) is 0 Å². The van der Waals surface area contributed by atoms with Gasteiger partial charge in [0.05, 0.1) is 29.8 Å². The van der Waals surface area contributed by atoms with E-state index in [4.69, 9.17) is 21.1 Å². The fourth-order valence-corrected chi connectivity index (χ4v) is 3.59. The first-order chi connectivity index (χ1) is 10.4. The lowest BCUT2D eigenvalue weighted by atomic mass is 10.2. The van der Waals surface area contributed by atoms with E-state index in [2.05, 4.69) is 4.72 Å². The third kappa shape index (κ3) is 3.45. The quantitative estimate of drug-likeness (QED) is 0.904. The topological polar surface area (TPSA) is 64.6 Å². The molecule has 7 heteroatoms. The van der Waals surface area contributed by atoms with Crippen LogP contribution in [-0.2, 0) is 10.0 Å². The summed E-state index contributed by atoms with van der Waals surface area (Å²) in [6.07, 6.45) is 0. The molecule has 1 N–H and O–H groups in total. The first-order valence-corrected chi connectivity index (χ1v) is 8.24. The van der Waals surface area contributed by atoms with Crippen LogP contribution in [0.1, 0.15) is 5.56 Å². The average molecular weight is 342 g/mol. The van der Waals surface area contributed by atoms with Crippen LogP contribution in [0.25, 0.3) is 0 Å². The van der Waals surface area contributed by atoms with E-state index in [-0.39, 0.29) is 9.92 Å². The Morgan fingerprint density at radius 2 is 1.82 bits per heavy atom.